The Kier molecular flexibility index (Phi) is 3.67. The highest BCUT2D eigenvalue weighted by Crippen LogP contribution is 2.32. The van der Waals surface area contributed by atoms with E-state index in [0.29, 0.717) is 35.5 Å². The number of hydrogen-bond donors (Lipinski definition) is 1. The Labute approximate surface area is 106 Å². The number of aliphatic hydroxyl groups is 1. The molecule has 1 N–H and O–H groups in total. The molecule has 0 spiro atoms. The maximum absolute atomic E-state index is 11.6. The zero-order valence-electron chi connectivity index (χ0n) is 10.5. The predicted molar refractivity (Wildman–Crippen MR) is 66.8 cm³/mol. The first-order valence-electron chi connectivity index (χ1n) is 5.80. The Hall–Kier alpha value is -1.81. The van der Waals surface area contributed by atoms with Gasteiger partial charge in [-0.2, -0.15) is 0 Å². The number of aliphatic hydroxyl groups excluding tert-OH is 1. The van der Waals surface area contributed by atoms with Gasteiger partial charge in [-0.25, -0.2) is 0 Å². The Bertz CT molecular complexity index is 468. The summed E-state index contributed by atoms with van der Waals surface area (Å²) in [7, 11) is 3.09. The number of Topliss-reactive ketones (excluding diaryl/α,β-unsaturated/α-hetero) is 1. The molecule has 1 atom stereocenters. The van der Waals surface area contributed by atoms with Gasteiger partial charge in [0.05, 0.1) is 14.2 Å². The van der Waals surface area contributed by atoms with Gasteiger partial charge in [0.25, 0.3) is 0 Å². The lowest BCUT2D eigenvalue weighted by Crippen LogP contribution is -2.08. The van der Waals surface area contributed by atoms with Crippen LogP contribution in [0.2, 0.25) is 0 Å². The van der Waals surface area contributed by atoms with Crippen molar-refractivity contribution in [1.82, 2.24) is 0 Å². The van der Waals surface area contributed by atoms with Gasteiger partial charge < -0.3 is 14.6 Å². The number of ketones is 1. The second-order valence-corrected chi connectivity index (χ2v) is 4.17. The summed E-state index contributed by atoms with van der Waals surface area (Å²) in [5, 5.41) is 10.2. The van der Waals surface area contributed by atoms with Crippen molar-refractivity contribution < 1.29 is 19.4 Å². The molecule has 4 nitrogen and oxygen atoms in total. The molecule has 0 fully saturated rings. The van der Waals surface area contributed by atoms with E-state index in [1.165, 1.54) is 0 Å². The van der Waals surface area contributed by atoms with Crippen LogP contribution in [0.15, 0.2) is 29.8 Å². The third-order valence-corrected chi connectivity index (χ3v) is 3.04. The molecule has 96 valence electrons. The van der Waals surface area contributed by atoms with Crippen molar-refractivity contribution in [3.05, 3.63) is 35.4 Å². The molecule has 0 saturated carbocycles. The summed E-state index contributed by atoms with van der Waals surface area (Å²) in [6.07, 6.45) is 2.06. The maximum atomic E-state index is 11.6. The number of benzene rings is 1. The molecule has 0 heterocycles. The highest BCUT2D eigenvalue weighted by molar-refractivity contribution is 5.98. The van der Waals surface area contributed by atoms with Gasteiger partial charge >= 0.3 is 0 Å². The van der Waals surface area contributed by atoms with Gasteiger partial charge in [0.2, 0.25) is 0 Å². The van der Waals surface area contributed by atoms with Crippen molar-refractivity contribution in [3.8, 4) is 11.5 Å². The molecule has 0 saturated heterocycles. The lowest BCUT2D eigenvalue weighted by atomic mass is 10.00. The Morgan fingerprint density at radius 2 is 1.78 bits per heavy atom. The van der Waals surface area contributed by atoms with E-state index in [1.54, 1.807) is 38.5 Å². The lowest BCUT2D eigenvalue weighted by Gasteiger charge is -2.14. The fourth-order valence-electron chi connectivity index (χ4n) is 2.05. The molecule has 1 unspecified atom stereocenters. The number of ether oxygens (including phenoxy) is 2. The zero-order valence-corrected chi connectivity index (χ0v) is 10.5. The molecule has 0 aliphatic heterocycles. The predicted octanol–water partition coefficient (Wildman–Crippen LogP) is 2.03. The van der Waals surface area contributed by atoms with Crippen LogP contribution in [0.3, 0.4) is 0 Å². The maximum Gasteiger partial charge on any atom is 0.161 e. The monoisotopic (exact) mass is 248 g/mol. The lowest BCUT2D eigenvalue weighted by molar-refractivity contribution is -0.115. The summed E-state index contributed by atoms with van der Waals surface area (Å²) in [6, 6.07) is 5.14. The molecule has 1 aromatic carbocycles. The number of carbonyl (C=O) groups is 1. The Morgan fingerprint density at radius 3 is 2.22 bits per heavy atom. The molecule has 1 aliphatic carbocycles. The minimum absolute atomic E-state index is 0.00397. The van der Waals surface area contributed by atoms with Crippen molar-refractivity contribution in [2.75, 3.05) is 14.2 Å². The quantitative estimate of drug-likeness (QED) is 0.885. The fraction of sp³-hybridized carbons (Fsp3) is 0.357. The fourth-order valence-corrected chi connectivity index (χ4v) is 2.05. The third-order valence-electron chi connectivity index (χ3n) is 3.04. The molecule has 1 aliphatic rings. The minimum atomic E-state index is -0.913. The molecule has 0 amide bonds. The van der Waals surface area contributed by atoms with Gasteiger partial charge in [-0.15, -0.1) is 0 Å². The molecule has 0 radical (unpaired) electrons. The molecular formula is C14H16O4. The molecule has 2 rings (SSSR count). The smallest absolute Gasteiger partial charge is 0.161 e. The summed E-state index contributed by atoms with van der Waals surface area (Å²) in [5.41, 5.74) is 1.07. The summed E-state index contributed by atoms with van der Waals surface area (Å²) in [5.74, 6) is 1.19. The topological polar surface area (TPSA) is 55.8 Å². The van der Waals surface area contributed by atoms with Crippen molar-refractivity contribution >= 4 is 5.78 Å². The van der Waals surface area contributed by atoms with Gasteiger partial charge in [-0.1, -0.05) is 6.08 Å². The Morgan fingerprint density at radius 1 is 1.17 bits per heavy atom. The second kappa shape index (κ2) is 5.23. The molecule has 18 heavy (non-hydrogen) atoms. The first-order valence-corrected chi connectivity index (χ1v) is 5.80. The number of allylic oxidation sites excluding steroid dienone is 1. The number of carbonyl (C=O) groups excluding carboxylic acids is 1. The van der Waals surface area contributed by atoms with E-state index in [2.05, 4.69) is 0 Å². The van der Waals surface area contributed by atoms with E-state index >= 15 is 0 Å². The summed E-state index contributed by atoms with van der Waals surface area (Å²) in [4.78, 5) is 11.6. The van der Waals surface area contributed by atoms with Crippen molar-refractivity contribution in [3.63, 3.8) is 0 Å². The van der Waals surface area contributed by atoms with Crippen molar-refractivity contribution in [1.29, 1.82) is 0 Å². The van der Waals surface area contributed by atoms with E-state index in [-0.39, 0.29) is 5.78 Å². The SMILES string of the molecule is COc1cc(OC)cc(C(O)C2=CCCC2=O)c1. The molecule has 1 aromatic rings. The second-order valence-electron chi connectivity index (χ2n) is 4.17. The summed E-state index contributed by atoms with van der Waals surface area (Å²) in [6.45, 7) is 0. The Balaban J connectivity index is 2.34. The largest absolute Gasteiger partial charge is 0.497 e. The van der Waals surface area contributed by atoms with Gasteiger partial charge in [0, 0.05) is 18.1 Å². The van der Waals surface area contributed by atoms with E-state index in [9.17, 15) is 9.90 Å². The standard InChI is InChI=1S/C14H16O4/c1-17-10-6-9(7-11(8-10)18-2)14(16)12-4-3-5-13(12)15/h4,6-8,14,16H,3,5H2,1-2H3. The first-order chi connectivity index (χ1) is 8.65. The number of rotatable bonds is 4. The van der Waals surface area contributed by atoms with Crippen LogP contribution in [0.1, 0.15) is 24.5 Å². The summed E-state index contributed by atoms with van der Waals surface area (Å²) < 4.78 is 10.3. The van der Waals surface area contributed by atoms with E-state index < -0.39 is 6.10 Å². The molecule has 0 bridgehead atoms. The number of methoxy groups -OCH3 is 2. The van der Waals surface area contributed by atoms with Crippen LogP contribution < -0.4 is 9.47 Å². The normalized spacial score (nSPS) is 16.4. The average Bonchev–Trinajstić information content (AvgIpc) is 2.83. The van der Waals surface area contributed by atoms with Crippen LogP contribution in [-0.2, 0) is 4.79 Å². The molecular weight excluding hydrogens is 232 g/mol. The van der Waals surface area contributed by atoms with E-state index in [0.717, 1.165) is 0 Å². The van der Waals surface area contributed by atoms with Gasteiger partial charge in [0.15, 0.2) is 5.78 Å². The van der Waals surface area contributed by atoms with Crippen LogP contribution in [0.5, 0.6) is 11.5 Å². The highest BCUT2D eigenvalue weighted by Gasteiger charge is 2.24. The van der Waals surface area contributed by atoms with Crippen LogP contribution in [0.4, 0.5) is 0 Å². The van der Waals surface area contributed by atoms with Crippen molar-refractivity contribution in [2.45, 2.75) is 18.9 Å². The van der Waals surface area contributed by atoms with E-state index in [4.69, 9.17) is 9.47 Å². The molecule has 4 heteroatoms. The highest BCUT2D eigenvalue weighted by atomic mass is 16.5. The van der Waals surface area contributed by atoms with Crippen LogP contribution in [-0.4, -0.2) is 25.1 Å². The third kappa shape index (κ3) is 2.38. The zero-order chi connectivity index (χ0) is 13.1. The van der Waals surface area contributed by atoms with Crippen LogP contribution in [0, 0.1) is 0 Å². The van der Waals surface area contributed by atoms with Crippen LogP contribution >= 0.6 is 0 Å². The van der Waals surface area contributed by atoms with Crippen molar-refractivity contribution in [2.24, 2.45) is 0 Å². The van der Waals surface area contributed by atoms with Gasteiger partial charge in [-0.3, -0.25) is 4.79 Å². The molecule has 0 aromatic heterocycles. The van der Waals surface area contributed by atoms with E-state index in [1.807, 2.05) is 0 Å². The minimum Gasteiger partial charge on any atom is -0.497 e. The first kappa shape index (κ1) is 12.6. The summed E-state index contributed by atoms with van der Waals surface area (Å²) >= 11 is 0. The number of hydrogen-bond acceptors (Lipinski definition) is 4. The van der Waals surface area contributed by atoms with Gasteiger partial charge in [-0.05, 0) is 24.1 Å². The average molecular weight is 248 g/mol. The van der Waals surface area contributed by atoms with Crippen LogP contribution in [0.25, 0.3) is 0 Å². The van der Waals surface area contributed by atoms with Gasteiger partial charge in [0.1, 0.15) is 17.6 Å².